The Morgan fingerprint density at radius 3 is 1.85 bits per heavy atom. The summed E-state index contributed by atoms with van der Waals surface area (Å²) in [6.45, 7) is 3.46. The van der Waals surface area contributed by atoms with Gasteiger partial charge in [0.15, 0.2) is 11.3 Å². The first kappa shape index (κ1) is 35.2. The number of benzene rings is 4. The molecule has 6 heterocycles. The van der Waals surface area contributed by atoms with Gasteiger partial charge in [-0.15, -0.1) is 10.2 Å². The lowest BCUT2D eigenvalue weighted by Crippen LogP contribution is -2.45. The quantitative estimate of drug-likeness (QED) is 0.207. The van der Waals surface area contributed by atoms with Crippen molar-refractivity contribution in [2.75, 3.05) is 5.01 Å². The first-order valence-corrected chi connectivity index (χ1v) is 18.8. The van der Waals surface area contributed by atoms with Gasteiger partial charge >= 0.3 is 0 Å². The van der Waals surface area contributed by atoms with Crippen molar-refractivity contribution >= 4 is 45.3 Å². The van der Waals surface area contributed by atoms with Crippen molar-refractivity contribution in [2.24, 2.45) is 5.10 Å². The predicted molar refractivity (Wildman–Crippen MR) is 227 cm³/mol. The summed E-state index contributed by atoms with van der Waals surface area (Å²) in [5.74, 6) is 0.272. The Kier molecular flexibility index (Phi) is 8.20. The zero-order valence-corrected chi connectivity index (χ0v) is 31.7. The molecule has 3 aliphatic heterocycles. The lowest BCUT2D eigenvalue weighted by molar-refractivity contribution is 0.0994. The molecule has 12 nitrogen and oxygen atoms in total. The molecular formula is C47H32N8O4. The average molecular weight is 773 g/mol. The van der Waals surface area contributed by atoms with Gasteiger partial charge < -0.3 is 5.11 Å². The average Bonchev–Trinajstić information content (AvgIpc) is 3.79. The summed E-state index contributed by atoms with van der Waals surface area (Å²) >= 11 is 0. The van der Waals surface area contributed by atoms with Crippen molar-refractivity contribution in [3.8, 4) is 34.6 Å². The molecule has 0 saturated carbocycles. The number of allylic oxidation sites excluding steroid dienone is 1. The van der Waals surface area contributed by atoms with Crippen LogP contribution in [0.25, 0.3) is 62.4 Å². The number of hydrogen-bond acceptors (Lipinski definition) is 8. The van der Waals surface area contributed by atoms with Gasteiger partial charge in [-0.1, -0.05) is 78.9 Å². The summed E-state index contributed by atoms with van der Waals surface area (Å²) < 4.78 is 4.12. The number of carbonyl (C=O) groups is 1. The molecular weight excluding hydrogens is 741 g/mol. The van der Waals surface area contributed by atoms with Gasteiger partial charge in [-0.2, -0.15) is 9.69 Å². The molecule has 0 fully saturated rings. The normalized spacial score (nSPS) is 12.9. The molecule has 10 rings (SSSR count). The molecule has 12 heteroatoms. The van der Waals surface area contributed by atoms with E-state index >= 15 is 0 Å². The maximum atomic E-state index is 14.5. The van der Waals surface area contributed by atoms with Crippen LogP contribution in [0.3, 0.4) is 0 Å². The Balaban J connectivity index is 1.14. The second-order valence-corrected chi connectivity index (χ2v) is 14.2. The van der Waals surface area contributed by atoms with Gasteiger partial charge in [0.05, 0.1) is 22.5 Å². The van der Waals surface area contributed by atoms with Crippen LogP contribution in [-0.4, -0.2) is 39.9 Å². The second-order valence-electron chi connectivity index (χ2n) is 14.2. The minimum absolute atomic E-state index is 0.173. The summed E-state index contributed by atoms with van der Waals surface area (Å²) in [6, 6.07) is 37.4. The number of aromatic hydroxyl groups is 1. The van der Waals surface area contributed by atoms with E-state index in [4.69, 9.17) is 10.2 Å². The van der Waals surface area contributed by atoms with Gasteiger partial charge in [0.25, 0.3) is 17.0 Å². The van der Waals surface area contributed by atoms with Crippen LogP contribution in [0.5, 0.6) is 5.88 Å². The van der Waals surface area contributed by atoms with E-state index in [1.54, 1.807) is 80.9 Å². The highest BCUT2D eigenvalue weighted by Gasteiger charge is 2.32. The minimum atomic E-state index is -0.444. The maximum absolute atomic E-state index is 14.5. The van der Waals surface area contributed by atoms with E-state index < -0.39 is 11.5 Å². The molecule has 7 aromatic rings. The van der Waals surface area contributed by atoms with Gasteiger partial charge in [0.1, 0.15) is 11.6 Å². The summed E-state index contributed by atoms with van der Waals surface area (Å²) in [4.78, 5) is 52.0. The summed E-state index contributed by atoms with van der Waals surface area (Å²) in [5, 5.41) is 26.9. The van der Waals surface area contributed by atoms with Crippen molar-refractivity contribution in [3.05, 3.63) is 193 Å². The van der Waals surface area contributed by atoms with Crippen molar-refractivity contribution in [2.45, 2.75) is 13.8 Å². The number of amides is 1. The molecule has 284 valence electrons. The molecule has 0 atom stereocenters. The molecule has 0 spiro atoms. The molecule has 59 heavy (non-hydrogen) atoms. The van der Waals surface area contributed by atoms with Crippen molar-refractivity contribution in [1.29, 1.82) is 0 Å². The SMILES string of the molecule is Cc1c(C=CC=c2c(C)c3c(n(-c4ccccn4)c2=O)=NN(c2ccc4ccccc4c2)C3=O)c(O)n(-c2ccccn2)c2nn(-c3ccc4ccccc4c3)c(=O)c1-2. The standard InChI is InChI=1S/C47H32N8O4/c1-28-36(44(56)52(38-18-7-9-24-48-38)42-40(28)46(58)54(50-42)34-22-20-30-12-3-5-14-32(30)26-34)16-11-17-37-29(2)41-43(53(45(37)57)39-19-8-10-25-49-39)51-55(47(41)59)35-23-21-31-13-4-6-15-33(31)27-35/h3-27,56H,1-2H3. The van der Waals surface area contributed by atoms with Gasteiger partial charge in [-0.25, -0.2) is 19.1 Å². The fourth-order valence-corrected chi connectivity index (χ4v) is 7.79. The van der Waals surface area contributed by atoms with E-state index in [0.717, 1.165) is 21.5 Å². The summed E-state index contributed by atoms with van der Waals surface area (Å²) in [5.41, 5.74) is 2.24. The van der Waals surface area contributed by atoms with Crippen LogP contribution in [0.2, 0.25) is 0 Å². The third-order valence-electron chi connectivity index (χ3n) is 10.8. The molecule has 1 N–H and O–H groups in total. The third kappa shape index (κ3) is 5.65. The number of carbonyl (C=O) groups excluding carboxylic acids is 1. The van der Waals surface area contributed by atoms with Crippen LogP contribution >= 0.6 is 0 Å². The van der Waals surface area contributed by atoms with E-state index in [0.29, 0.717) is 39.7 Å². The Morgan fingerprint density at radius 2 is 1.20 bits per heavy atom. The number of pyridine rings is 4. The van der Waals surface area contributed by atoms with Crippen LogP contribution in [0, 0.1) is 13.8 Å². The zero-order valence-electron chi connectivity index (χ0n) is 31.7. The molecule has 4 aromatic carbocycles. The number of hydrogen-bond donors (Lipinski definition) is 1. The van der Waals surface area contributed by atoms with E-state index in [1.165, 1.54) is 18.8 Å². The topological polar surface area (TPSA) is 140 Å². The van der Waals surface area contributed by atoms with Crippen LogP contribution < -0.4 is 26.8 Å². The summed E-state index contributed by atoms with van der Waals surface area (Å²) in [7, 11) is 0. The van der Waals surface area contributed by atoms with E-state index in [9.17, 15) is 19.5 Å². The monoisotopic (exact) mass is 772 g/mol. The van der Waals surface area contributed by atoms with Crippen molar-refractivity contribution < 1.29 is 9.90 Å². The lowest BCUT2D eigenvalue weighted by Gasteiger charge is -2.17. The van der Waals surface area contributed by atoms with Gasteiger partial charge in [0.2, 0.25) is 5.88 Å². The highest BCUT2D eigenvalue weighted by atomic mass is 16.3. The molecule has 0 aliphatic carbocycles. The molecule has 0 bridgehead atoms. The lowest BCUT2D eigenvalue weighted by atomic mass is 10.0. The minimum Gasteiger partial charge on any atom is -0.494 e. The highest BCUT2D eigenvalue weighted by molar-refractivity contribution is 6.09. The highest BCUT2D eigenvalue weighted by Crippen LogP contribution is 2.36. The van der Waals surface area contributed by atoms with E-state index in [2.05, 4.69) is 9.97 Å². The number of nitrogens with zero attached hydrogens (tertiary/aromatic N) is 8. The van der Waals surface area contributed by atoms with Crippen molar-refractivity contribution in [3.63, 3.8) is 0 Å². The number of anilines is 1. The fourth-order valence-electron chi connectivity index (χ4n) is 7.79. The van der Waals surface area contributed by atoms with Crippen molar-refractivity contribution in [1.82, 2.24) is 28.9 Å². The molecule has 0 unspecified atom stereocenters. The van der Waals surface area contributed by atoms with Gasteiger partial charge in [0, 0.05) is 23.2 Å². The van der Waals surface area contributed by atoms with E-state index in [1.807, 2.05) is 84.9 Å². The predicted octanol–water partition coefficient (Wildman–Crippen LogP) is 6.39. The van der Waals surface area contributed by atoms with Crippen LogP contribution in [0.15, 0.2) is 154 Å². The molecule has 3 aliphatic rings. The smallest absolute Gasteiger partial charge is 0.282 e. The number of fused-ring (bicyclic) bond motifs is 4. The summed E-state index contributed by atoms with van der Waals surface area (Å²) in [6.07, 6.45) is 7.99. The zero-order chi connectivity index (χ0) is 40.4. The van der Waals surface area contributed by atoms with Crippen LogP contribution in [0.1, 0.15) is 27.0 Å². The Bertz CT molecular complexity index is 3440. The first-order valence-electron chi connectivity index (χ1n) is 18.8. The van der Waals surface area contributed by atoms with Crippen LogP contribution in [0.4, 0.5) is 5.69 Å². The molecule has 0 saturated heterocycles. The Labute approximate surface area is 335 Å². The van der Waals surface area contributed by atoms with Gasteiger partial charge in [-0.3, -0.25) is 14.4 Å². The van der Waals surface area contributed by atoms with Crippen LogP contribution in [-0.2, 0) is 0 Å². The molecule has 3 aromatic heterocycles. The second kappa shape index (κ2) is 13.7. The third-order valence-corrected chi connectivity index (χ3v) is 10.8. The van der Waals surface area contributed by atoms with Gasteiger partial charge in [-0.05, 0) is 107 Å². The maximum Gasteiger partial charge on any atom is 0.282 e. The Morgan fingerprint density at radius 1 is 0.610 bits per heavy atom. The molecule has 1 amide bonds. The number of aromatic nitrogens is 6. The first-order chi connectivity index (χ1) is 28.8. The molecule has 0 radical (unpaired) electrons. The fraction of sp³-hybridized carbons (Fsp3) is 0.0426. The Hall–Kier alpha value is -8.25. The largest absolute Gasteiger partial charge is 0.494 e. The van der Waals surface area contributed by atoms with E-state index in [-0.39, 0.29) is 39.1 Å². The number of rotatable bonds is 6.